The van der Waals surface area contributed by atoms with E-state index in [0.717, 1.165) is 69.7 Å². The first-order valence-electron chi connectivity index (χ1n) is 9.82. The lowest BCUT2D eigenvalue weighted by molar-refractivity contribution is -0.120. The number of anilines is 1. The van der Waals surface area contributed by atoms with Gasteiger partial charge in [-0.1, -0.05) is 18.9 Å². The van der Waals surface area contributed by atoms with E-state index in [-0.39, 0.29) is 42.1 Å². The van der Waals surface area contributed by atoms with Crippen LogP contribution in [0, 0.1) is 5.82 Å². The van der Waals surface area contributed by atoms with E-state index in [1.54, 1.807) is 6.07 Å². The van der Waals surface area contributed by atoms with Crippen LogP contribution in [0.5, 0.6) is 0 Å². The third kappa shape index (κ3) is 4.79. The lowest BCUT2D eigenvalue weighted by Crippen LogP contribution is -2.53. The maximum Gasteiger partial charge on any atom is 0.226 e. The molecule has 2 fully saturated rings. The Bertz CT molecular complexity index is 678. The Morgan fingerprint density at radius 2 is 1.93 bits per heavy atom. The second-order valence-electron chi connectivity index (χ2n) is 7.75. The molecule has 0 atom stereocenters. The molecule has 4 rings (SSSR count). The molecular formula is C20H30Cl2FN3O2. The maximum atomic E-state index is 14.8. The minimum absolute atomic E-state index is 0. The van der Waals surface area contributed by atoms with Crippen molar-refractivity contribution in [3.8, 4) is 0 Å². The van der Waals surface area contributed by atoms with Crippen molar-refractivity contribution in [2.24, 2.45) is 0 Å². The van der Waals surface area contributed by atoms with Gasteiger partial charge in [-0.15, -0.1) is 24.8 Å². The van der Waals surface area contributed by atoms with Crippen LogP contribution in [0.25, 0.3) is 0 Å². The number of morpholine rings is 1. The van der Waals surface area contributed by atoms with Crippen molar-refractivity contribution in [2.45, 2.75) is 50.6 Å². The highest BCUT2D eigenvalue weighted by Crippen LogP contribution is 2.39. The topological polar surface area (TPSA) is 53.6 Å². The summed E-state index contributed by atoms with van der Waals surface area (Å²) in [4.78, 5) is 15.2. The summed E-state index contributed by atoms with van der Waals surface area (Å²) in [6.07, 6.45) is 5.50. The van der Waals surface area contributed by atoms with Crippen molar-refractivity contribution in [2.75, 3.05) is 38.2 Å². The van der Waals surface area contributed by atoms with Crippen LogP contribution in [0.15, 0.2) is 12.1 Å². The van der Waals surface area contributed by atoms with Gasteiger partial charge < -0.3 is 15.4 Å². The molecule has 1 aromatic rings. The largest absolute Gasteiger partial charge is 0.379 e. The van der Waals surface area contributed by atoms with Gasteiger partial charge in [-0.2, -0.15) is 0 Å². The quantitative estimate of drug-likeness (QED) is 0.764. The van der Waals surface area contributed by atoms with E-state index in [9.17, 15) is 9.18 Å². The van der Waals surface area contributed by atoms with Crippen LogP contribution >= 0.6 is 24.8 Å². The first-order chi connectivity index (χ1) is 12.7. The summed E-state index contributed by atoms with van der Waals surface area (Å²) in [5.41, 5.74) is 1.98. The van der Waals surface area contributed by atoms with Crippen LogP contribution in [0.2, 0.25) is 0 Å². The smallest absolute Gasteiger partial charge is 0.226 e. The van der Waals surface area contributed by atoms with Crippen LogP contribution in [0.3, 0.4) is 0 Å². The van der Waals surface area contributed by atoms with Gasteiger partial charge in [-0.25, -0.2) is 4.39 Å². The van der Waals surface area contributed by atoms with E-state index in [1.165, 1.54) is 0 Å². The summed E-state index contributed by atoms with van der Waals surface area (Å²) in [5, 5.41) is 6.11. The number of halogens is 3. The number of nitrogens with one attached hydrogen (secondary N) is 2. The molecule has 1 saturated heterocycles. The van der Waals surface area contributed by atoms with Crippen LogP contribution in [0.4, 0.5) is 10.1 Å². The zero-order valence-electron chi connectivity index (χ0n) is 16.1. The molecule has 0 bridgehead atoms. The standard InChI is InChI=1S/C20H28FN3O2.2ClH/c21-19-16-5-8-22-14-15(16)3-4-17(19)23-18(25)13-20(6-1-2-7-20)24-9-11-26-12-10-24;;/h3-4,22H,1-2,5-14H2,(H,23,25);2*1H. The molecule has 5 nitrogen and oxygen atoms in total. The number of nitrogens with zero attached hydrogens (tertiary/aromatic N) is 1. The average Bonchev–Trinajstić information content (AvgIpc) is 3.14. The molecule has 1 saturated carbocycles. The number of hydrogen-bond acceptors (Lipinski definition) is 4. The van der Waals surface area contributed by atoms with Crippen LogP contribution in [-0.4, -0.2) is 49.2 Å². The van der Waals surface area contributed by atoms with Crippen molar-refractivity contribution >= 4 is 36.4 Å². The fraction of sp³-hybridized carbons (Fsp3) is 0.650. The van der Waals surface area contributed by atoms with Crippen LogP contribution in [0.1, 0.15) is 43.2 Å². The maximum absolute atomic E-state index is 14.8. The Kier molecular flexibility index (Phi) is 8.52. The zero-order chi connectivity index (χ0) is 18.0. The number of fused-ring (bicyclic) bond motifs is 1. The SMILES string of the molecule is Cl.Cl.O=C(CC1(N2CCOCC2)CCCC1)Nc1ccc2c(c1F)CCNC2. The highest BCUT2D eigenvalue weighted by Gasteiger charge is 2.41. The number of rotatable bonds is 4. The third-order valence-corrected chi connectivity index (χ3v) is 6.19. The summed E-state index contributed by atoms with van der Waals surface area (Å²) < 4.78 is 20.3. The minimum Gasteiger partial charge on any atom is -0.379 e. The molecule has 2 N–H and O–H groups in total. The Hall–Kier alpha value is -0.920. The second kappa shape index (κ2) is 10.2. The van der Waals surface area contributed by atoms with E-state index >= 15 is 0 Å². The summed E-state index contributed by atoms with van der Waals surface area (Å²) >= 11 is 0. The number of hydrogen-bond donors (Lipinski definition) is 2. The van der Waals surface area contributed by atoms with Gasteiger partial charge in [0.25, 0.3) is 0 Å². The highest BCUT2D eigenvalue weighted by atomic mass is 35.5. The van der Waals surface area contributed by atoms with Gasteiger partial charge in [-0.3, -0.25) is 9.69 Å². The third-order valence-electron chi connectivity index (χ3n) is 6.19. The molecule has 1 aliphatic carbocycles. The van der Waals surface area contributed by atoms with Gasteiger partial charge in [0.05, 0.1) is 18.9 Å². The Morgan fingerprint density at radius 1 is 1.21 bits per heavy atom. The van der Waals surface area contributed by atoms with Crippen molar-refractivity contribution < 1.29 is 13.9 Å². The molecule has 0 spiro atoms. The lowest BCUT2D eigenvalue weighted by Gasteiger charge is -2.43. The molecular weight excluding hydrogens is 404 g/mol. The van der Waals surface area contributed by atoms with E-state index in [2.05, 4.69) is 15.5 Å². The summed E-state index contributed by atoms with van der Waals surface area (Å²) in [6, 6.07) is 3.63. The monoisotopic (exact) mass is 433 g/mol. The summed E-state index contributed by atoms with van der Waals surface area (Å²) in [7, 11) is 0. The summed E-state index contributed by atoms with van der Waals surface area (Å²) in [6.45, 7) is 4.71. The predicted octanol–water partition coefficient (Wildman–Crippen LogP) is 3.29. The Morgan fingerprint density at radius 3 is 2.64 bits per heavy atom. The fourth-order valence-corrected chi connectivity index (χ4v) is 4.80. The van der Waals surface area contributed by atoms with Gasteiger partial charge in [-0.05, 0) is 43.0 Å². The van der Waals surface area contributed by atoms with Crippen molar-refractivity contribution in [3.05, 3.63) is 29.1 Å². The first-order valence-corrected chi connectivity index (χ1v) is 9.82. The number of carbonyl (C=O) groups excluding carboxylic acids is 1. The molecule has 0 radical (unpaired) electrons. The molecule has 0 aromatic heterocycles. The number of amides is 1. The second-order valence-corrected chi connectivity index (χ2v) is 7.75. The normalized spacial score (nSPS) is 21.2. The number of ether oxygens (including phenoxy) is 1. The zero-order valence-corrected chi connectivity index (χ0v) is 17.7. The van der Waals surface area contributed by atoms with E-state index in [1.807, 2.05) is 6.07 Å². The molecule has 1 amide bonds. The molecule has 158 valence electrons. The van der Waals surface area contributed by atoms with Gasteiger partial charge in [0.15, 0.2) is 0 Å². The predicted molar refractivity (Wildman–Crippen MR) is 113 cm³/mol. The van der Waals surface area contributed by atoms with Gasteiger partial charge in [0.1, 0.15) is 5.82 Å². The fourth-order valence-electron chi connectivity index (χ4n) is 4.80. The van der Waals surface area contributed by atoms with E-state index in [4.69, 9.17) is 4.74 Å². The van der Waals surface area contributed by atoms with Gasteiger partial charge >= 0.3 is 0 Å². The first kappa shape index (κ1) is 23.4. The van der Waals surface area contributed by atoms with Crippen molar-refractivity contribution in [1.82, 2.24) is 10.2 Å². The van der Waals surface area contributed by atoms with E-state index in [0.29, 0.717) is 25.1 Å². The molecule has 3 aliphatic rings. The Labute approximate surface area is 178 Å². The average molecular weight is 434 g/mol. The number of benzene rings is 1. The van der Waals surface area contributed by atoms with Gasteiger partial charge in [0.2, 0.25) is 5.91 Å². The summed E-state index contributed by atoms with van der Waals surface area (Å²) in [5.74, 6) is -0.338. The van der Waals surface area contributed by atoms with Gasteiger partial charge in [0, 0.05) is 31.6 Å². The molecule has 28 heavy (non-hydrogen) atoms. The molecule has 8 heteroatoms. The molecule has 1 aromatic carbocycles. The van der Waals surface area contributed by atoms with Crippen LogP contribution < -0.4 is 10.6 Å². The van der Waals surface area contributed by atoms with Crippen molar-refractivity contribution in [3.63, 3.8) is 0 Å². The van der Waals surface area contributed by atoms with E-state index < -0.39 is 0 Å². The van der Waals surface area contributed by atoms with Crippen molar-refractivity contribution in [1.29, 1.82) is 0 Å². The molecule has 2 heterocycles. The lowest BCUT2D eigenvalue weighted by atomic mass is 9.89. The number of carbonyl (C=O) groups is 1. The highest BCUT2D eigenvalue weighted by molar-refractivity contribution is 5.92. The van der Waals surface area contributed by atoms with Crippen LogP contribution in [-0.2, 0) is 22.5 Å². The molecule has 0 unspecified atom stereocenters. The molecule has 2 aliphatic heterocycles. The Balaban J connectivity index is 0.00000140. The minimum atomic E-state index is -0.260.